The topological polar surface area (TPSA) is 179 Å². The minimum atomic E-state index is -5.22. The third-order valence-corrected chi connectivity index (χ3v) is 15.8. The number of pyridine rings is 1. The smallest absolute Gasteiger partial charge is 0.379 e. The van der Waals surface area contributed by atoms with E-state index in [0.717, 1.165) is 30.5 Å². The molecule has 28 heteroatoms. The summed E-state index contributed by atoms with van der Waals surface area (Å²) in [5.41, 5.74) is -5.68. The van der Waals surface area contributed by atoms with E-state index < -0.39 is 155 Å². The van der Waals surface area contributed by atoms with Crippen LogP contribution in [0.15, 0.2) is 42.5 Å². The number of hydrogen-bond acceptors (Lipinski definition) is 11. The number of hydrogen-bond donors (Lipinski definition) is 1. The Bertz CT molecular complexity index is 3340. The van der Waals surface area contributed by atoms with Gasteiger partial charge in [0.05, 0.1) is 53.7 Å². The molecule has 2 amide bonds. The number of sulfonamides is 1. The summed E-state index contributed by atoms with van der Waals surface area (Å²) < 4.78 is 204. The molecular weight excluding hydrogens is 1050 g/mol. The number of halogens is 11. The van der Waals surface area contributed by atoms with Gasteiger partial charge in [-0.2, -0.15) is 49.6 Å². The van der Waals surface area contributed by atoms with Gasteiger partial charge < -0.3 is 10.1 Å². The molecule has 1 saturated heterocycles. The molecule has 8 rings (SSSR count). The molecule has 1 aliphatic heterocycles. The third-order valence-electron chi connectivity index (χ3n) is 12.5. The zero-order valence-corrected chi connectivity index (χ0v) is 41.0. The van der Waals surface area contributed by atoms with Gasteiger partial charge in [0.25, 0.3) is 11.8 Å². The second-order valence-electron chi connectivity index (χ2n) is 18.3. The number of fused-ring (bicyclic) bond motifs is 4. The molecule has 3 aromatic heterocycles. The van der Waals surface area contributed by atoms with E-state index in [-0.39, 0.29) is 64.1 Å². The Morgan fingerprint density at radius 2 is 1.58 bits per heavy atom. The number of benzene rings is 2. The van der Waals surface area contributed by atoms with Crippen LogP contribution < -0.4 is 9.62 Å². The number of nitrogens with one attached hydrogen (secondary N) is 1. The first-order chi connectivity index (χ1) is 33.7. The molecule has 15 nitrogen and oxygen atoms in total. The van der Waals surface area contributed by atoms with Crippen LogP contribution in [0.1, 0.15) is 66.1 Å². The predicted octanol–water partition coefficient (Wildman–Crippen LogP) is 6.92. The van der Waals surface area contributed by atoms with Crippen LogP contribution in [0.25, 0.3) is 22.0 Å². The molecule has 0 spiro atoms. The summed E-state index contributed by atoms with van der Waals surface area (Å²) in [6.07, 6.45) is -9.78. The molecule has 2 fully saturated rings. The highest BCUT2D eigenvalue weighted by molar-refractivity contribution is 7.93. The molecule has 4 heterocycles. The maximum absolute atomic E-state index is 15.6. The van der Waals surface area contributed by atoms with Crippen molar-refractivity contribution in [1.82, 2.24) is 34.8 Å². The highest BCUT2D eigenvalue weighted by Crippen LogP contribution is 2.68. The minimum absolute atomic E-state index is 0.178. The number of aromatic nitrogens is 5. The van der Waals surface area contributed by atoms with Crippen LogP contribution in [-0.2, 0) is 65.8 Å². The quantitative estimate of drug-likeness (QED) is 0.0957. The molecule has 3 atom stereocenters. The van der Waals surface area contributed by atoms with Crippen LogP contribution in [0.2, 0.25) is 5.02 Å². The van der Waals surface area contributed by atoms with E-state index in [0.29, 0.717) is 17.0 Å². The highest BCUT2D eigenvalue weighted by atomic mass is 35.5. The number of sulfone groups is 1. The lowest BCUT2D eigenvalue weighted by atomic mass is 9.93. The number of ether oxygens (including phenoxy) is 1. The molecule has 1 saturated carbocycles. The summed E-state index contributed by atoms with van der Waals surface area (Å²) in [7, 11) is -8.62. The molecule has 0 bridgehead atoms. The fourth-order valence-corrected chi connectivity index (χ4v) is 10.2. The van der Waals surface area contributed by atoms with Crippen LogP contribution in [-0.4, -0.2) is 114 Å². The van der Waals surface area contributed by atoms with Gasteiger partial charge in [-0.15, -0.1) is 0 Å². The zero-order chi connectivity index (χ0) is 53.5. The van der Waals surface area contributed by atoms with E-state index in [4.69, 9.17) is 16.3 Å². The average molecular weight is 1100 g/mol. The normalized spacial score (nSPS) is 18.5. The maximum atomic E-state index is 15.6. The number of carbonyl (C=O) groups is 2. The first kappa shape index (κ1) is 53.5. The second-order valence-corrected chi connectivity index (χ2v) is 23.1. The maximum Gasteiger partial charge on any atom is 0.435 e. The minimum Gasteiger partial charge on any atom is -0.379 e. The van der Waals surface area contributed by atoms with Gasteiger partial charge in [-0.3, -0.25) is 23.9 Å². The van der Waals surface area contributed by atoms with Crippen molar-refractivity contribution < 1.29 is 75.1 Å². The van der Waals surface area contributed by atoms with Crippen molar-refractivity contribution in [3.05, 3.63) is 93.0 Å². The van der Waals surface area contributed by atoms with E-state index >= 15 is 8.78 Å². The van der Waals surface area contributed by atoms with Gasteiger partial charge in [-0.05, 0) is 74.4 Å². The number of amides is 2. The summed E-state index contributed by atoms with van der Waals surface area (Å²) in [5.74, 6) is -6.96. The Kier molecular flexibility index (Phi) is 13.8. The molecule has 3 aliphatic rings. The molecule has 5 aromatic rings. The first-order valence-corrected chi connectivity index (χ1v) is 26.0. The molecule has 1 unspecified atom stereocenters. The largest absolute Gasteiger partial charge is 0.435 e. The Morgan fingerprint density at radius 1 is 0.932 bits per heavy atom. The van der Waals surface area contributed by atoms with Gasteiger partial charge in [-0.25, -0.2) is 30.6 Å². The van der Waals surface area contributed by atoms with Crippen molar-refractivity contribution in [1.29, 1.82) is 0 Å². The fourth-order valence-electron chi connectivity index (χ4n) is 8.87. The van der Waals surface area contributed by atoms with Crippen molar-refractivity contribution in [2.24, 2.45) is 5.92 Å². The Labute approximate surface area is 414 Å². The number of carbonyl (C=O) groups excluding carboxylic acids is 2. The van der Waals surface area contributed by atoms with Gasteiger partial charge in [0.1, 0.15) is 40.9 Å². The van der Waals surface area contributed by atoms with Crippen LogP contribution in [0.4, 0.5) is 49.7 Å². The van der Waals surface area contributed by atoms with Gasteiger partial charge in [0, 0.05) is 48.0 Å². The summed E-state index contributed by atoms with van der Waals surface area (Å²) in [6.45, 7) is -0.567. The number of anilines is 1. The Hall–Kier alpha value is -5.82. The molecule has 73 heavy (non-hydrogen) atoms. The molecule has 2 aliphatic carbocycles. The predicted molar refractivity (Wildman–Crippen MR) is 242 cm³/mol. The van der Waals surface area contributed by atoms with Crippen LogP contribution in [0.5, 0.6) is 0 Å². The van der Waals surface area contributed by atoms with E-state index in [9.17, 15) is 61.5 Å². The van der Waals surface area contributed by atoms with Crippen molar-refractivity contribution in [2.45, 2.75) is 74.8 Å². The van der Waals surface area contributed by atoms with Gasteiger partial charge in [0.2, 0.25) is 15.9 Å². The molecule has 2 aromatic carbocycles. The standard InChI is InChI=1S/C45H41ClF10N8O7S2/c1-42(2,72(3,67)68)10-9-26-5-6-27(28-7-8-31(46)36-38(28)63(22-43(49,50)51)60-41(36)64(73(4,69)70)34(66)21-61-11-13-71-14-12-61)37(57-26)32(17-23-15-24(47)18-25(48)16-23)58-33(65)20-62-40-35(39(59-62)45(54,55)56)29-19-30(29)44(40,52)53/h5-8,15-16,18,29-30,32H,11-14,17,19-22H2,1-4H3,(H,58,65)/t29-,30?,32-/m0/s1. The van der Waals surface area contributed by atoms with Crippen molar-refractivity contribution >= 4 is 60.0 Å². The lowest BCUT2D eigenvalue weighted by molar-refractivity contribution is -0.143. The van der Waals surface area contributed by atoms with Gasteiger partial charge in [-0.1, -0.05) is 23.6 Å². The first-order valence-electron chi connectivity index (χ1n) is 21.9. The average Bonchev–Trinajstić information content (AvgIpc) is 3.77. The zero-order valence-electron chi connectivity index (χ0n) is 38.6. The molecule has 0 radical (unpaired) electrons. The fraction of sp³-hybridized carbons (Fsp3) is 0.444. The Morgan fingerprint density at radius 3 is 2.18 bits per heavy atom. The summed E-state index contributed by atoms with van der Waals surface area (Å²) in [6, 6.07) is 4.96. The number of morpholine rings is 1. The lowest BCUT2D eigenvalue weighted by Gasteiger charge is -2.28. The van der Waals surface area contributed by atoms with Crippen molar-refractivity contribution in [3.63, 3.8) is 0 Å². The van der Waals surface area contributed by atoms with Crippen LogP contribution >= 0.6 is 11.6 Å². The van der Waals surface area contributed by atoms with E-state index in [1.165, 1.54) is 30.9 Å². The number of nitrogens with zero attached hydrogens (tertiary/aromatic N) is 7. The summed E-state index contributed by atoms with van der Waals surface area (Å²) in [5, 5.41) is 8.91. The Balaban J connectivity index is 1.35. The molecular formula is C45H41ClF10N8O7S2. The second kappa shape index (κ2) is 18.8. The van der Waals surface area contributed by atoms with Crippen molar-refractivity contribution in [3.8, 4) is 23.0 Å². The molecule has 392 valence electrons. The van der Waals surface area contributed by atoms with E-state index in [2.05, 4.69) is 32.3 Å². The summed E-state index contributed by atoms with van der Waals surface area (Å²) >= 11 is 6.69. The van der Waals surface area contributed by atoms with Crippen molar-refractivity contribution in [2.75, 3.05) is 49.7 Å². The SMILES string of the molecule is CC(C)(C#Cc1ccc(-c2ccc(Cl)c3c(N(C(=O)CN4CCOCC4)S(C)(=O)=O)nn(CC(F)(F)F)c23)c([C@H](Cc2cc(F)cc(F)c2)NC(=O)Cn2nc(C(F)(F)F)c3c2C(F)(F)C2C[C@H]32)n1)S(C)(=O)=O. The monoisotopic (exact) mass is 1090 g/mol. The van der Waals surface area contributed by atoms with E-state index in [1.807, 2.05) is 0 Å². The highest BCUT2D eigenvalue weighted by Gasteiger charge is 2.68. The third kappa shape index (κ3) is 10.9. The van der Waals surface area contributed by atoms with Crippen LogP contribution in [0.3, 0.4) is 0 Å². The van der Waals surface area contributed by atoms with Gasteiger partial charge in [0.15, 0.2) is 21.3 Å². The summed E-state index contributed by atoms with van der Waals surface area (Å²) in [4.78, 5) is 34.2. The number of rotatable bonds is 13. The lowest BCUT2D eigenvalue weighted by Crippen LogP contribution is -2.46. The molecule has 1 N–H and O–H groups in total. The number of alkyl halides is 8. The van der Waals surface area contributed by atoms with E-state index in [1.54, 1.807) is 0 Å². The van der Waals surface area contributed by atoms with Gasteiger partial charge >= 0.3 is 12.4 Å². The van der Waals surface area contributed by atoms with Crippen LogP contribution in [0, 0.1) is 29.4 Å².